The Morgan fingerprint density at radius 2 is 2.00 bits per heavy atom. The molecule has 4 N–H and O–H groups in total. The van der Waals surface area contributed by atoms with Crippen LogP contribution in [0.15, 0.2) is 36.7 Å². The van der Waals surface area contributed by atoms with Gasteiger partial charge in [0.25, 0.3) is 0 Å². The van der Waals surface area contributed by atoms with E-state index in [4.69, 9.17) is 14.6 Å². The van der Waals surface area contributed by atoms with E-state index in [1.807, 2.05) is 13.8 Å². The highest BCUT2D eigenvalue weighted by Crippen LogP contribution is 2.36. The van der Waals surface area contributed by atoms with Crippen molar-refractivity contribution in [3.05, 3.63) is 48.3 Å². The third-order valence-corrected chi connectivity index (χ3v) is 5.09. The maximum Gasteiger partial charge on any atom is 0.248 e. The number of aromatic nitrogens is 3. The molecule has 2 atom stereocenters. The smallest absolute Gasteiger partial charge is 0.248 e. The highest BCUT2D eigenvalue weighted by Gasteiger charge is 2.26. The maximum atomic E-state index is 14.5. The SMILES string of the molecule is COc1ccc(F)c(Oc2cc(O)n([C@@H](CC(C)C)C(=O)Nc3ccn(C[C@@H](O)CO)n3)c2)c1F. The zero-order chi connectivity index (χ0) is 25.7. The van der Waals surface area contributed by atoms with E-state index >= 15 is 0 Å². The Morgan fingerprint density at radius 1 is 1.26 bits per heavy atom. The molecule has 0 unspecified atom stereocenters. The van der Waals surface area contributed by atoms with Crippen molar-refractivity contribution in [2.75, 3.05) is 19.0 Å². The third-order valence-electron chi connectivity index (χ3n) is 5.09. The summed E-state index contributed by atoms with van der Waals surface area (Å²) in [6.07, 6.45) is 2.12. The van der Waals surface area contributed by atoms with E-state index in [9.17, 15) is 23.8 Å². The molecule has 2 heterocycles. The van der Waals surface area contributed by atoms with Gasteiger partial charge in [0.2, 0.25) is 17.5 Å². The first kappa shape index (κ1) is 26.0. The number of hydrogen-bond acceptors (Lipinski definition) is 7. The second-order valence-electron chi connectivity index (χ2n) is 8.33. The van der Waals surface area contributed by atoms with Crippen molar-refractivity contribution in [3.63, 3.8) is 0 Å². The van der Waals surface area contributed by atoms with Gasteiger partial charge in [0.1, 0.15) is 11.8 Å². The number of anilines is 1. The van der Waals surface area contributed by atoms with E-state index in [0.717, 1.165) is 18.2 Å². The molecular formula is C23H28F2N4O6. The number of aliphatic hydroxyl groups is 2. The van der Waals surface area contributed by atoms with Crippen LogP contribution in [-0.4, -0.2) is 55.4 Å². The van der Waals surface area contributed by atoms with E-state index in [1.54, 1.807) is 0 Å². The van der Waals surface area contributed by atoms with E-state index in [1.165, 1.54) is 34.8 Å². The average Bonchev–Trinajstić information content (AvgIpc) is 3.40. The van der Waals surface area contributed by atoms with Crippen LogP contribution in [0.5, 0.6) is 23.1 Å². The molecule has 10 nitrogen and oxygen atoms in total. The lowest BCUT2D eigenvalue weighted by Crippen LogP contribution is -2.27. The number of nitrogens with zero attached hydrogens (tertiary/aromatic N) is 3. The minimum Gasteiger partial charge on any atom is -0.494 e. The van der Waals surface area contributed by atoms with Crippen molar-refractivity contribution in [2.24, 2.45) is 5.92 Å². The first-order chi connectivity index (χ1) is 16.6. The predicted octanol–water partition coefficient (Wildman–Crippen LogP) is 3.05. The van der Waals surface area contributed by atoms with Crippen molar-refractivity contribution in [1.82, 2.24) is 14.3 Å². The van der Waals surface area contributed by atoms with E-state index in [0.29, 0.717) is 6.42 Å². The van der Waals surface area contributed by atoms with Gasteiger partial charge in [-0.1, -0.05) is 13.8 Å². The first-order valence-electron chi connectivity index (χ1n) is 10.9. The van der Waals surface area contributed by atoms with Gasteiger partial charge in [-0.05, 0) is 24.5 Å². The molecule has 0 radical (unpaired) electrons. The Balaban J connectivity index is 1.83. The number of nitrogens with one attached hydrogen (secondary N) is 1. The monoisotopic (exact) mass is 494 g/mol. The molecule has 0 aliphatic carbocycles. The van der Waals surface area contributed by atoms with Crippen LogP contribution in [0, 0.1) is 17.6 Å². The number of benzene rings is 1. The highest BCUT2D eigenvalue weighted by molar-refractivity contribution is 5.93. The lowest BCUT2D eigenvalue weighted by molar-refractivity contribution is -0.119. The van der Waals surface area contributed by atoms with Crippen LogP contribution < -0.4 is 14.8 Å². The molecule has 0 aliphatic rings. The topological polar surface area (TPSA) is 131 Å². The Labute approximate surface area is 200 Å². The van der Waals surface area contributed by atoms with Crippen LogP contribution in [-0.2, 0) is 11.3 Å². The van der Waals surface area contributed by atoms with Crippen molar-refractivity contribution in [2.45, 2.75) is 39.0 Å². The molecular weight excluding hydrogens is 466 g/mol. The summed E-state index contributed by atoms with van der Waals surface area (Å²) in [4.78, 5) is 13.1. The zero-order valence-electron chi connectivity index (χ0n) is 19.5. The van der Waals surface area contributed by atoms with Crippen molar-refractivity contribution < 1.29 is 38.4 Å². The van der Waals surface area contributed by atoms with Gasteiger partial charge >= 0.3 is 0 Å². The molecule has 0 spiro atoms. The summed E-state index contributed by atoms with van der Waals surface area (Å²) in [7, 11) is 1.23. The fourth-order valence-electron chi connectivity index (χ4n) is 3.44. The minimum absolute atomic E-state index is 0.0400. The molecule has 2 aromatic heterocycles. The summed E-state index contributed by atoms with van der Waals surface area (Å²) in [6, 6.07) is 3.87. The quantitative estimate of drug-likeness (QED) is 0.322. The summed E-state index contributed by atoms with van der Waals surface area (Å²) >= 11 is 0. The normalized spacial score (nSPS) is 13.0. The van der Waals surface area contributed by atoms with E-state index in [-0.39, 0.29) is 35.7 Å². The molecule has 3 rings (SSSR count). The number of rotatable bonds is 11. The van der Waals surface area contributed by atoms with Crippen LogP contribution in [0.3, 0.4) is 0 Å². The van der Waals surface area contributed by atoms with Gasteiger partial charge in [-0.2, -0.15) is 9.49 Å². The lowest BCUT2D eigenvalue weighted by Gasteiger charge is -2.20. The largest absolute Gasteiger partial charge is 0.494 e. The standard InChI is InChI=1S/C23H28F2N4O6/c1-13(2)8-17(23(33)26-19-6-7-28(27-19)10-14(31)12-30)29-11-15(9-20(29)32)35-22-16(24)4-5-18(34-3)21(22)25/h4-7,9,11,13-14,17,30-32H,8,10,12H2,1-3H3,(H,26,27,33)/t14-,17+/m1/s1. The second-order valence-corrected chi connectivity index (χ2v) is 8.33. The van der Waals surface area contributed by atoms with Crippen LogP contribution in [0.25, 0.3) is 0 Å². The summed E-state index contributed by atoms with van der Waals surface area (Å²) in [6.45, 7) is 3.39. The number of hydrogen-bond donors (Lipinski definition) is 4. The molecule has 12 heteroatoms. The van der Waals surface area contributed by atoms with Gasteiger partial charge in [0.05, 0.1) is 32.6 Å². The van der Waals surface area contributed by atoms with Gasteiger partial charge in [-0.15, -0.1) is 0 Å². The molecule has 0 fully saturated rings. The summed E-state index contributed by atoms with van der Waals surface area (Å²) in [5.41, 5.74) is 0. The maximum absolute atomic E-state index is 14.5. The fourth-order valence-corrected chi connectivity index (χ4v) is 3.44. The Bertz CT molecular complexity index is 1160. The lowest BCUT2D eigenvalue weighted by atomic mass is 10.0. The van der Waals surface area contributed by atoms with Crippen molar-refractivity contribution in [3.8, 4) is 23.1 Å². The van der Waals surface area contributed by atoms with Crippen LogP contribution in [0.2, 0.25) is 0 Å². The van der Waals surface area contributed by atoms with Gasteiger partial charge in [-0.25, -0.2) is 4.39 Å². The van der Waals surface area contributed by atoms with Crippen molar-refractivity contribution in [1.29, 1.82) is 0 Å². The average molecular weight is 494 g/mol. The fraction of sp³-hybridized carbons (Fsp3) is 0.391. The predicted molar refractivity (Wildman–Crippen MR) is 122 cm³/mol. The molecule has 0 saturated carbocycles. The molecule has 0 saturated heterocycles. The number of carbonyl (C=O) groups excluding carboxylic acids is 1. The highest BCUT2D eigenvalue weighted by atomic mass is 19.1. The van der Waals surface area contributed by atoms with Crippen LogP contribution in [0.1, 0.15) is 26.3 Å². The molecule has 3 aromatic rings. The van der Waals surface area contributed by atoms with Crippen molar-refractivity contribution >= 4 is 11.7 Å². The molecule has 190 valence electrons. The van der Waals surface area contributed by atoms with Gasteiger partial charge in [0, 0.05) is 18.3 Å². The Hall–Kier alpha value is -3.64. The third kappa shape index (κ3) is 6.28. The van der Waals surface area contributed by atoms with E-state index < -0.39 is 42.0 Å². The van der Waals surface area contributed by atoms with Gasteiger partial charge in [0.15, 0.2) is 23.3 Å². The minimum atomic E-state index is -1.04. The molecule has 35 heavy (non-hydrogen) atoms. The molecule has 1 aromatic carbocycles. The number of carbonyl (C=O) groups is 1. The Kier molecular flexibility index (Phi) is 8.30. The van der Waals surface area contributed by atoms with Gasteiger partial charge < -0.3 is 34.7 Å². The molecule has 1 amide bonds. The molecule has 0 bridgehead atoms. The van der Waals surface area contributed by atoms with Gasteiger partial charge in [-0.3, -0.25) is 9.48 Å². The number of amides is 1. The first-order valence-corrected chi connectivity index (χ1v) is 10.9. The number of aliphatic hydroxyl groups excluding tert-OH is 2. The summed E-state index contributed by atoms with van der Waals surface area (Å²) in [5, 5.41) is 35.8. The number of ether oxygens (including phenoxy) is 2. The van der Waals surface area contributed by atoms with Crippen LogP contribution >= 0.6 is 0 Å². The van der Waals surface area contributed by atoms with E-state index in [2.05, 4.69) is 10.4 Å². The second kappa shape index (κ2) is 11.2. The zero-order valence-corrected chi connectivity index (χ0v) is 19.5. The Morgan fingerprint density at radius 3 is 2.66 bits per heavy atom. The molecule has 0 aliphatic heterocycles. The number of halogens is 2. The van der Waals surface area contributed by atoms with Crippen LogP contribution in [0.4, 0.5) is 14.6 Å². The number of methoxy groups -OCH3 is 1. The number of aromatic hydroxyl groups is 1. The summed E-state index contributed by atoms with van der Waals surface area (Å²) in [5.74, 6) is -3.61. The summed E-state index contributed by atoms with van der Waals surface area (Å²) < 4.78 is 41.4.